The smallest absolute Gasteiger partial charge is 0.244 e. The van der Waals surface area contributed by atoms with Gasteiger partial charge in [0, 0.05) is 18.0 Å². The Morgan fingerprint density at radius 2 is 1.85 bits per heavy atom. The fraction of sp³-hybridized carbons (Fsp3) is 0.190. The number of nitrogens with zero attached hydrogens (tertiary/aromatic N) is 2. The molecule has 0 unspecified atom stereocenters. The van der Waals surface area contributed by atoms with Crippen LogP contribution in [0.2, 0.25) is 0 Å². The van der Waals surface area contributed by atoms with E-state index in [2.05, 4.69) is 15.3 Å². The topological polar surface area (TPSA) is 54.9 Å². The van der Waals surface area contributed by atoms with E-state index in [9.17, 15) is 9.18 Å². The average molecular weight is 347 g/mol. The van der Waals surface area contributed by atoms with E-state index in [1.54, 1.807) is 24.4 Å². The lowest BCUT2D eigenvalue weighted by Crippen LogP contribution is -2.31. The maximum atomic E-state index is 13.1. The lowest BCUT2D eigenvalue weighted by Gasteiger charge is -2.15. The monoisotopic (exact) mass is 347 g/mol. The highest BCUT2D eigenvalue weighted by Crippen LogP contribution is 2.47. The molecule has 1 saturated carbocycles. The SMILES string of the molecule is O=C(C=Cc1cnc2ccccc2n1)NCC1(c2ccc(F)cc2)CC1. The maximum absolute atomic E-state index is 13.1. The largest absolute Gasteiger partial charge is 0.352 e. The summed E-state index contributed by atoms with van der Waals surface area (Å²) in [6, 6.07) is 14.1. The first-order valence-electron chi connectivity index (χ1n) is 8.58. The number of halogens is 1. The highest BCUT2D eigenvalue weighted by Gasteiger charge is 2.44. The average Bonchev–Trinajstić information content (AvgIpc) is 3.46. The zero-order chi connectivity index (χ0) is 18.0. The van der Waals surface area contributed by atoms with Gasteiger partial charge in [-0.15, -0.1) is 0 Å². The summed E-state index contributed by atoms with van der Waals surface area (Å²) in [6.07, 6.45) is 6.77. The van der Waals surface area contributed by atoms with Crippen molar-refractivity contribution in [2.45, 2.75) is 18.3 Å². The fourth-order valence-electron chi connectivity index (χ4n) is 3.05. The van der Waals surface area contributed by atoms with Crippen LogP contribution in [0.5, 0.6) is 0 Å². The van der Waals surface area contributed by atoms with Gasteiger partial charge in [0.1, 0.15) is 5.82 Å². The number of carbonyl (C=O) groups excluding carboxylic acids is 1. The molecule has 26 heavy (non-hydrogen) atoms. The number of aromatic nitrogens is 2. The first-order valence-corrected chi connectivity index (χ1v) is 8.58. The molecule has 1 amide bonds. The first kappa shape index (κ1) is 16.4. The van der Waals surface area contributed by atoms with Crippen LogP contribution in [0.25, 0.3) is 17.1 Å². The van der Waals surface area contributed by atoms with E-state index in [1.165, 1.54) is 18.2 Å². The summed E-state index contributed by atoms with van der Waals surface area (Å²) in [6.45, 7) is 0.547. The molecule has 1 aromatic heterocycles. The molecular formula is C21H18FN3O. The number of para-hydroxylation sites is 2. The lowest BCUT2D eigenvalue weighted by molar-refractivity contribution is -0.116. The minimum atomic E-state index is -0.243. The molecule has 1 aliphatic carbocycles. The molecule has 3 aromatic rings. The van der Waals surface area contributed by atoms with Crippen molar-refractivity contribution in [1.82, 2.24) is 15.3 Å². The van der Waals surface area contributed by atoms with E-state index in [4.69, 9.17) is 0 Å². The number of hydrogen-bond donors (Lipinski definition) is 1. The number of amides is 1. The van der Waals surface area contributed by atoms with Crippen LogP contribution < -0.4 is 5.32 Å². The standard InChI is InChI=1S/C21H18FN3O/c22-16-7-5-15(6-8-16)21(11-12-21)14-24-20(26)10-9-17-13-23-18-3-1-2-4-19(18)25-17/h1-10,13H,11-12,14H2,(H,24,26). The molecule has 0 aliphatic heterocycles. The first-order chi connectivity index (χ1) is 12.6. The van der Waals surface area contributed by atoms with Crippen molar-refractivity contribution in [2.75, 3.05) is 6.54 Å². The molecule has 0 radical (unpaired) electrons. The van der Waals surface area contributed by atoms with Crippen LogP contribution in [-0.2, 0) is 10.2 Å². The normalized spacial score (nSPS) is 15.3. The molecule has 130 valence electrons. The van der Waals surface area contributed by atoms with E-state index < -0.39 is 0 Å². The summed E-state index contributed by atoms with van der Waals surface area (Å²) in [5.41, 5.74) is 3.27. The Balaban J connectivity index is 1.39. The van der Waals surface area contributed by atoms with E-state index in [-0.39, 0.29) is 17.1 Å². The molecule has 1 heterocycles. The van der Waals surface area contributed by atoms with Crippen LogP contribution in [0.15, 0.2) is 60.8 Å². The number of fused-ring (bicyclic) bond motifs is 1. The van der Waals surface area contributed by atoms with Crippen molar-refractivity contribution in [3.8, 4) is 0 Å². The van der Waals surface area contributed by atoms with Crippen molar-refractivity contribution in [2.24, 2.45) is 0 Å². The fourth-order valence-corrected chi connectivity index (χ4v) is 3.05. The minimum Gasteiger partial charge on any atom is -0.352 e. The second-order valence-corrected chi connectivity index (χ2v) is 6.62. The van der Waals surface area contributed by atoms with Gasteiger partial charge in [0.25, 0.3) is 0 Å². The van der Waals surface area contributed by atoms with Crippen LogP contribution in [0.3, 0.4) is 0 Å². The van der Waals surface area contributed by atoms with Crippen LogP contribution in [0, 0.1) is 5.82 Å². The van der Waals surface area contributed by atoms with Crippen molar-refractivity contribution in [3.05, 3.63) is 77.9 Å². The minimum absolute atomic E-state index is 0.0556. The summed E-state index contributed by atoms with van der Waals surface area (Å²) < 4.78 is 13.1. The summed E-state index contributed by atoms with van der Waals surface area (Å²) >= 11 is 0. The molecule has 5 heteroatoms. The van der Waals surface area contributed by atoms with Gasteiger partial charge in [-0.2, -0.15) is 0 Å². The Labute approximate surface area is 150 Å². The Morgan fingerprint density at radius 3 is 2.58 bits per heavy atom. The molecule has 1 fully saturated rings. The van der Waals surface area contributed by atoms with Gasteiger partial charge in [0.15, 0.2) is 0 Å². The van der Waals surface area contributed by atoms with E-state index in [0.29, 0.717) is 12.2 Å². The molecule has 0 spiro atoms. The highest BCUT2D eigenvalue weighted by molar-refractivity contribution is 5.91. The Morgan fingerprint density at radius 1 is 1.12 bits per heavy atom. The van der Waals surface area contributed by atoms with Gasteiger partial charge >= 0.3 is 0 Å². The second-order valence-electron chi connectivity index (χ2n) is 6.62. The zero-order valence-corrected chi connectivity index (χ0v) is 14.2. The number of carbonyl (C=O) groups is 1. The van der Waals surface area contributed by atoms with E-state index >= 15 is 0 Å². The molecule has 4 rings (SSSR count). The van der Waals surface area contributed by atoms with Gasteiger partial charge < -0.3 is 5.32 Å². The Kier molecular flexibility index (Phi) is 4.21. The van der Waals surface area contributed by atoms with Gasteiger partial charge in [-0.3, -0.25) is 9.78 Å². The van der Waals surface area contributed by atoms with Crippen LogP contribution in [-0.4, -0.2) is 22.4 Å². The van der Waals surface area contributed by atoms with Crippen LogP contribution in [0.1, 0.15) is 24.1 Å². The third kappa shape index (κ3) is 3.47. The van der Waals surface area contributed by atoms with Gasteiger partial charge in [-0.05, 0) is 48.7 Å². The predicted molar refractivity (Wildman–Crippen MR) is 98.9 cm³/mol. The third-order valence-electron chi connectivity index (χ3n) is 4.78. The Hall–Kier alpha value is -3.08. The van der Waals surface area contributed by atoms with Crippen molar-refractivity contribution < 1.29 is 9.18 Å². The van der Waals surface area contributed by atoms with Gasteiger partial charge in [-0.25, -0.2) is 9.37 Å². The Bertz CT molecular complexity index is 978. The summed E-state index contributed by atoms with van der Waals surface area (Å²) in [5, 5.41) is 2.94. The molecule has 1 aliphatic rings. The third-order valence-corrected chi connectivity index (χ3v) is 4.78. The number of nitrogens with one attached hydrogen (secondary N) is 1. The molecule has 2 aromatic carbocycles. The van der Waals surface area contributed by atoms with Crippen LogP contribution in [0.4, 0.5) is 4.39 Å². The zero-order valence-electron chi connectivity index (χ0n) is 14.2. The predicted octanol–water partition coefficient (Wildman–Crippen LogP) is 3.63. The quantitative estimate of drug-likeness (QED) is 0.717. The molecular weight excluding hydrogens is 329 g/mol. The van der Waals surface area contributed by atoms with Crippen LogP contribution >= 0.6 is 0 Å². The summed E-state index contributed by atoms with van der Waals surface area (Å²) in [4.78, 5) is 20.9. The van der Waals surface area contributed by atoms with E-state index in [1.807, 2.05) is 24.3 Å². The number of benzene rings is 2. The summed E-state index contributed by atoms with van der Waals surface area (Å²) in [7, 11) is 0. The van der Waals surface area contributed by atoms with Crippen molar-refractivity contribution >= 4 is 23.0 Å². The second kappa shape index (κ2) is 6.67. The van der Waals surface area contributed by atoms with Gasteiger partial charge in [0.05, 0.1) is 22.9 Å². The van der Waals surface area contributed by atoms with Crippen molar-refractivity contribution in [3.63, 3.8) is 0 Å². The number of hydrogen-bond acceptors (Lipinski definition) is 3. The van der Waals surface area contributed by atoms with Crippen molar-refractivity contribution in [1.29, 1.82) is 0 Å². The molecule has 0 atom stereocenters. The van der Waals surface area contributed by atoms with Gasteiger partial charge in [-0.1, -0.05) is 24.3 Å². The lowest BCUT2D eigenvalue weighted by atomic mass is 9.96. The molecule has 0 saturated heterocycles. The summed E-state index contributed by atoms with van der Waals surface area (Å²) in [5.74, 6) is -0.415. The maximum Gasteiger partial charge on any atom is 0.244 e. The van der Waals surface area contributed by atoms with E-state index in [0.717, 1.165) is 29.4 Å². The molecule has 4 nitrogen and oxygen atoms in total. The van der Waals surface area contributed by atoms with Gasteiger partial charge in [0.2, 0.25) is 5.91 Å². The number of rotatable bonds is 5. The molecule has 1 N–H and O–H groups in total. The highest BCUT2D eigenvalue weighted by atomic mass is 19.1. The molecule has 0 bridgehead atoms.